The topological polar surface area (TPSA) is 55.1 Å². The van der Waals surface area contributed by atoms with Crippen LogP contribution in [0.5, 0.6) is 0 Å². The molecule has 0 aromatic heterocycles. The molecule has 0 aromatic carbocycles. The van der Waals surface area contributed by atoms with E-state index in [-0.39, 0.29) is 5.54 Å². The average Bonchev–Trinajstić information content (AvgIpc) is 2.85. The van der Waals surface area contributed by atoms with Gasteiger partial charge in [0.05, 0.1) is 5.54 Å². The van der Waals surface area contributed by atoms with E-state index in [0.717, 1.165) is 36.5 Å². The van der Waals surface area contributed by atoms with E-state index in [2.05, 4.69) is 19.2 Å². The Labute approximate surface area is 110 Å². The number of fused-ring (bicyclic) bond motifs is 5. The molecule has 4 atom stereocenters. The van der Waals surface area contributed by atoms with Crippen LogP contribution in [0.25, 0.3) is 0 Å². The van der Waals surface area contributed by atoms with E-state index in [1.807, 2.05) is 0 Å². The molecule has 3 rings (SSSR count). The van der Waals surface area contributed by atoms with Crippen LogP contribution in [0.15, 0.2) is 0 Å². The largest absolute Gasteiger partial charge is 0.349 e. The van der Waals surface area contributed by atoms with Crippen LogP contribution >= 0.6 is 0 Å². The molecule has 102 valence electrons. The van der Waals surface area contributed by atoms with Gasteiger partial charge in [-0.3, -0.25) is 4.79 Å². The molecule has 0 aliphatic heterocycles. The van der Waals surface area contributed by atoms with Crippen molar-refractivity contribution in [3.8, 4) is 0 Å². The summed E-state index contributed by atoms with van der Waals surface area (Å²) >= 11 is 0. The molecule has 3 aliphatic carbocycles. The number of rotatable bonds is 5. The maximum absolute atomic E-state index is 12.5. The zero-order valence-electron chi connectivity index (χ0n) is 11.6. The first-order valence-corrected chi connectivity index (χ1v) is 7.68. The molecule has 4 unspecified atom stereocenters. The SMILES string of the molecule is CCC(CC)(CN)NC(=O)C1C2C3CCC(C3)C12. The Balaban J connectivity index is 1.64. The van der Waals surface area contributed by atoms with Gasteiger partial charge >= 0.3 is 0 Å². The first-order valence-electron chi connectivity index (χ1n) is 7.68. The number of amides is 1. The van der Waals surface area contributed by atoms with Crippen molar-refractivity contribution < 1.29 is 4.79 Å². The average molecular weight is 250 g/mol. The number of nitrogens with one attached hydrogen (secondary N) is 1. The number of carbonyl (C=O) groups is 1. The van der Waals surface area contributed by atoms with Gasteiger partial charge in [-0.1, -0.05) is 13.8 Å². The number of nitrogens with two attached hydrogens (primary N) is 1. The zero-order chi connectivity index (χ0) is 12.9. The van der Waals surface area contributed by atoms with E-state index < -0.39 is 0 Å². The fourth-order valence-electron chi connectivity index (χ4n) is 4.79. The third-order valence-corrected chi connectivity index (χ3v) is 6.17. The molecule has 3 nitrogen and oxygen atoms in total. The lowest BCUT2D eigenvalue weighted by Gasteiger charge is -2.32. The van der Waals surface area contributed by atoms with Crippen molar-refractivity contribution >= 4 is 5.91 Å². The van der Waals surface area contributed by atoms with Gasteiger partial charge < -0.3 is 11.1 Å². The van der Waals surface area contributed by atoms with E-state index in [1.54, 1.807) is 0 Å². The molecular weight excluding hydrogens is 224 g/mol. The van der Waals surface area contributed by atoms with Gasteiger partial charge in [0.1, 0.15) is 0 Å². The third-order valence-electron chi connectivity index (χ3n) is 6.17. The van der Waals surface area contributed by atoms with Crippen LogP contribution in [0.2, 0.25) is 0 Å². The lowest BCUT2D eigenvalue weighted by atomic mass is 9.92. The highest BCUT2D eigenvalue weighted by Gasteiger charge is 2.67. The molecule has 0 saturated heterocycles. The Bertz CT molecular complexity index is 326. The molecule has 0 heterocycles. The van der Waals surface area contributed by atoms with Gasteiger partial charge in [0.2, 0.25) is 5.91 Å². The first kappa shape index (κ1) is 12.5. The van der Waals surface area contributed by atoms with Crippen LogP contribution in [0.3, 0.4) is 0 Å². The number of hydrogen-bond acceptors (Lipinski definition) is 2. The molecule has 18 heavy (non-hydrogen) atoms. The van der Waals surface area contributed by atoms with Gasteiger partial charge in [-0.25, -0.2) is 0 Å². The highest BCUT2D eigenvalue weighted by atomic mass is 16.2. The highest BCUT2D eigenvalue weighted by Crippen LogP contribution is 2.69. The first-order chi connectivity index (χ1) is 8.65. The van der Waals surface area contributed by atoms with E-state index >= 15 is 0 Å². The van der Waals surface area contributed by atoms with Gasteiger partial charge in [0.15, 0.2) is 0 Å². The molecule has 3 heteroatoms. The van der Waals surface area contributed by atoms with Crippen molar-refractivity contribution in [2.45, 2.75) is 51.5 Å². The lowest BCUT2D eigenvalue weighted by Crippen LogP contribution is -2.53. The summed E-state index contributed by atoms with van der Waals surface area (Å²) in [5, 5.41) is 3.28. The Morgan fingerprint density at radius 2 is 1.78 bits per heavy atom. The van der Waals surface area contributed by atoms with Crippen LogP contribution in [0, 0.1) is 29.6 Å². The van der Waals surface area contributed by atoms with Crippen molar-refractivity contribution in [3.05, 3.63) is 0 Å². The Kier molecular flexibility index (Phi) is 2.92. The van der Waals surface area contributed by atoms with Crippen LogP contribution in [-0.2, 0) is 4.79 Å². The Morgan fingerprint density at radius 3 is 2.22 bits per heavy atom. The predicted octanol–water partition coefficient (Wildman–Crippen LogP) is 1.91. The summed E-state index contributed by atoms with van der Waals surface area (Å²) in [5.74, 6) is 3.83. The predicted molar refractivity (Wildman–Crippen MR) is 71.8 cm³/mol. The highest BCUT2D eigenvalue weighted by molar-refractivity contribution is 5.83. The van der Waals surface area contributed by atoms with Crippen molar-refractivity contribution in [3.63, 3.8) is 0 Å². The van der Waals surface area contributed by atoms with Gasteiger partial charge in [0, 0.05) is 12.5 Å². The van der Waals surface area contributed by atoms with E-state index in [1.165, 1.54) is 19.3 Å². The standard InChI is InChI=1S/C15H26N2O/c1-3-15(4-2,8-16)17-14(18)13-11-9-5-6-10(7-9)12(11)13/h9-13H,3-8,16H2,1-2H3,(H,17,18). The zero-order valence-corrected chi connectivity index (χ0v) is 11.6. The molecule has 0 spiro atoms. The molecule has 1 amide bonds. The summed E-state index contributed by atoms with van der Waals surface area (Å²) in [6, 6.07) is 0. The van der Waals surface area contributed by atoms with Crippen LogP contribution in [0.4, 0.5) is 0 Å². The second kappa shape index (κ2) is 4.22. The molecule has 0 aromatic rings. The van der Waals surface area contributed by atoms with E-state index in [9.17, 15) is 4.79 Å². The summed E-state index contributed by atoms with van der Waals surface area (Å²) < 4.78 is 0. The summed E-state index contributed by atoms with van der Waals surface area (Å²) in [6.07, 6.45) is 6.02. The fourth-order valence-corrected chi connectivity index (χ4v) is 4.79. The maximum atomic E-state index is 12.5. The van der Waals surface area contributed by atoms with E-state index in [4.69, 9.17) is 5.73 Å². The minimum atomic E-state index is -0.160. The minimum absolute atomic E-state index is 0.160. The number of hydrogen-bond donors (Lipinski definition) is 2. The second-order valence-corrected chi connectivity index (χ2v) is 6.69. The normalized spacial score (nSPS) is 40.7. The molecule has 3 saturated carbocycles. The maximum Gasteiger partial charge on any atom is 0.224 e. The third kappa shape index (κ3) is 1.63. The lowest BCUT2D eigenvalue weighted by molar-refractivity contribution is -0.125. The fraction of sp³-hybridized carbons (Fsp3) is 0.933. The summed E-state index contributed by atoms with van der Waals surface area (Å²) in [7, 11) is 0. The molecular formula is C15H26N2O. The minimum Gasteiger partial charge on any atom is -0.349 e. The smallest absolute Gasteiger partial charge is 0.224 e. The van der Waals surface area contributed by atoms with Gasteiger partial charge in [-0.2, -0.15) is 0 Å². The molecule has 2 bridgehead atoms. The van der Waals surface area contributed by atoms with E-state index in [0.29, 0.717) is 18.4 Å². The summed E-state index contributed by atoms with van der Waals surface area (Å²) in [6.45, 7) is 4.79. The van der Waals surface area contributed by atoms with Gasteiger partial charge in [-0.15, -0.1) is 0 Å². The van der Waals surface area contributed by atoms with Gasteiger partial charge in [0.25, 0.3) is 0 Å². The summed E-state index contributed by atoms with van der Waals surface area (Å²) in [5.41, 5.74) is 5.71. The number of carbonyl (C=O) groups excluding carboxylic acids is 1. The van der Waals surface area contributed by atoms with Crippen LogP contribution in [-0.4, -0.2) is 18.0 Å². The monoisotopic (exact) mass is 250 g/mol. The van der Waals surface area contributed by atoms with Crippen molar-refractivity contribution in [2.75, 3.05) is 6.54 Å². The van der Waals surface area contributed by atoms with Crippen molar-refractivity contribution in [1.82, 2.24) is 5.32 Å². The van der Waals surface area contributed by atoms with Crippen LogP contribution < -0.4 is 11.1 Å². The van der Waals surface area contributed by atoms with Gasteiger partial charge in [-0.05, 0) is 55.8 Å². The second-order valence-electron chi connectivity index (χ2n) is 6.69. The van der Waals surface area contributed by atoms with Crippen molar-refractivity contribution in [1.29, 1.82) is 0 Å². The molecule has 0 radical (unpaired) electrons. The Morgan fingerprint density at radius 1 is 1.22 bits per heavy atom. The summed E-state index contributed by atoms with van der Waals surface area (Å²) in [4.78, 5) is 12.5. The molecule has 3 N–H and O–H groups in total. The van der Waals surface area contributed by atoms with Crippen molar-refractivity contribution in [2.24, 2.45) is 35.3 Å². The quantitative estimate of drug-likeness (QED) is 0.783. The Hall–Kier alpha value is -0.570. The van der Waals surface area contributed by atoms with Crippen LogP contribution in [0.1, 0.15) is 46.0 Å². The molecule has 3 fully saturated rings. The molecule has 3 aliphatic rings.